The van der Waals surface area contributed by atoms with E-state index in [1.807, 2.05) is 24.3 Å². The van der Waals surface area contributed by atoms with E-state index in [0.29, 0.717) is 45.5 Å². The quantitative estimate of drug-likeness (QED) is 0.0896. The second kappa shape index (κ2) is 9.40. The first-order valence-electron chi connectivity index (χ1n) is 11.1. The molecule has 37 heavy (non-hydrogen) atoms. The Morgan fingerprint density at radius 3 is 2.38 bits per heavy atom. The normalized spacial score (nSPS) is 14.7. The Morgan fingerprint density at radius 1 is 1.03 bits per heavy atom. The number of rotatable bonds is 6. The Labute approximate surface area is 209 Å². The minimum absolute atomic E-state index is 0.119. The van der Waals surface area contributed by atoms with Gasteiger partial charge in [-0.15, -0.1) is 0 Å². The van der Waals surface area contributed by atoms with Crippen molar-refractivity contribution in [1.29, 1.82) is 0 Å². The molecule has 1 saturated heterocycles. The lowest BCUT2D eigenvalue weighted by atomic mass is 9.99. The number of carbonyl (C=O) groups is 2. The molecule has 0 aliphatic carbocycles. The van der Waals surface area contributed by atoms with Crippen LogP contribution in [0.4, 0.5) is 16.2 Å². The number of aliphatic imine (C=N–C) groups is 1. The molecule has 184 valence electrons. The van der Waals surface area contributed by atoms with Gasteiger partial charge in [-0.1, -0.05) is 36.4 Å². The second-order valence-electron chi connectivity index (χ2n) is 8.25. The summed E-state index contributed by atoms with van der Waals surface area (Å²) >= 11 is 0. The van der Waals surface area contributed by atoms with Gasteiger partial charge in [0.2, 0.25) is 0 Å². The van der Waals surface area contributed by atoms with Crippen molar-refractivity contribution >= 4 is 46.0 Å². The van der Waals surface area contributed by atoms with Crippen molar-refractivity contribution < 1.29 is 19.6 Å². The molecule has 0 bridgehead atoms. The summed E-state index contributed by atoms with van der Waals surface area (Å²) in [6.07, 6.45) is 1.53. The number of aromatic amines is 1. The maximum Gasteiger partial charge on any atom is 0.326 e. The van der Waals surface area contributed by atoms with Crippen LogP contribution in [0.25, 0.3) is 17.0 Å². The lowest BCUT2D eigenvalue weighted by Crippen LogP contribution is -2.22. The van der Waals surface area contributed by atoms with Crippen LogP contribution in [0.2, 0.25) is 0 Å². The van der Waals surface area contributed by atoms with Gasteiger partial charge < -0.3 is 21.1 Å². The number of aromatic hydroxyl groups is 1. The Bertz CT molecular complexity index is 1620. The van der Waals surface area contributed by atoms with Gasteiger partial charge in [-0.2, -0.15) is 0 Å². The molecule has 5 rings (SSSR count). The molecular weight excluding hydrogens is 476 g/mol. The first kappa shape index (κ1) is 23.5. The Balaban J connectivity index is 1.62. The SMILES string of the molecule is NCc1ccc(C(=Nc2ccc(C=C3NC(=O)NC3=O)cc2)c2c(O)[nH]c3ccc([N+](=O)[O-])cc23)cc1. The summed E-state index contributed by atoms with van der Waals surface area (Å²) in [5, 5.41) is 27.2. The molecule has 11 nitrogen and oxygen atoms in total. The summed E-state index contributed by atoms with van der Waals surface area (Å²) in [6.45, 7) is 0.354. The number of non-ortho nitro benzene ring substituents is 1. The van der Waals surface area contributed by atoms with Crippen molar-refractivity contribution in [1.82, 2.24) is 15.6 Å². The highest BCUT2D eigenvalue weighted by atomic mass is 16.6. The Morgan fingerprint density at radius 2 is 1.76 bits per heavy atom. The molecule has 0 saturated carbocycles. The lowest BCUT2D eigenvalue weighted by Gasteiger charge is -2.09. The molecule has 0 radical (unpaired) electrons. The standard InChI is InChI=1S/C26H20N6O5/c27-13-15-1-5-16(6-2-15)23(22-19-12-18(32(36)37)9-10-20(19)29-25(22)34)28-17-7-3-14(4-8-17)11-21-24(33)31-26(35)30-21/h1-12,29,34H,13,27H2,(H2,30,31,33,35). The monoisotopic (exact) mass is 496 g/mol. The molecule has 11 heteroatoms. The van der Waals surface area contributed by atoms with Gasteiger partial charge >= 0.3 is 6.03 Å². The number of aromatic nitrogens is 1. The zero-order chi connectivity index (χ0) is 26.1. The molecule has 3 amide bonds. The van der Waals surface area contributed by atoms with Crippen LogP contribution < -0.4 is 16.4 Å². The average molecular weight is 496 g/mol. The van der Waals surface area contributed by atoms with Crippen molar-refractivity contribution in [2.45, 2.75) is 6.54 Å². The van der Waals surface area contributed by atoms with Crippen LogP contribution >= 0.6 is 0 Å². The third-order valence-electron chi connectivity index (χ3n) is 5.84. The van der Waals surface area contributed by atoms with E-state index in [4.69, 9.17) is 10.7 Å². The van der Waals surface area contributed by atoms with Crippen LogP contribution in [0.15, 0.2) is 77.4 Å². The number of nitrogens with zero attached hydrogens (tertiary/aromatic N) is 2. The zero-order valence-electron chi connectivity index (χ0n) is 19.2. The molecule has 1 aromatic heterocycles. The largest absolute Gasteiger partial charge is 0.494 e. The van der Waals surface area contributed by atoms with Crippen LogP contribution in [-0.2, 0) is 11.3 Å². The van der Waals surface area contributed by atoms with Gasteiger partial charge in [-0.05, 0) is 35.4 Å². The van der Waals surface area contributed by atoms with E-state index in [1.54, 1.807) is 24.3 Å². The minimum atomic E-state index is -0.582. The summed E-state index contributed by atoms with van der Waals surface area (Å²) in [5.41, 5.74) is 9.72. The molecule has 4 aromatic rings. The number of benzene rings is 3. The summed E-state index contributed by atoms with van der Waals surface area (Å²) < 4.78 is 0. The van der Waals surface area contributed by atoms with E-state index in [9.17, 15) is 24.8 Å². The number of nitro groups is 1. The van der Waals surface area contributed by atoms with Crippen molar-refractivity contribution in [2.24, 2.45) is 10.7 Å². The minimum Gasteiger partial charge on any atom is -0.494 e. The number of H-pyrrole nitrogens is 1. The van der Waals surface area contributed by atoms with E-state index in [0.717, 1.165) is 5.56 Å². The maximum absolute atomic E-state index is 11.8. The first-order chi connectivity index (χ1) is 17.8. The molecule has 2 heterocycles. The fourth-order valence-electron chi connectivity index (χ4n) is 4.01. The van der Waals surface area contributed by atoms with Crippen molar-refractivity contribution in [3.05, 3.63) is 105 Å². The van der Waals surface area contributed by atoms with Crippen molar-refractivity contribution in [3.63, 3.8) is 0 Å². The average Bonchev–Trinajstić information content (AvgIpc) is 3.39. The highest BCUT2D eigenvalue weighted by molar-refractivity contribution is 6.22. The number of hydrogen-bond acceptors (Lipinski definition) is 7. The van der Waals surface area contributed by atoms with Gasteiger partial charge in [0.1, 0.15) is 5.70 Å². The van der Waals surface area contributed by atoms with Crippen molar-refractivity contribution in [3.8, 4) is 5.88 Å². The maximum atomic E-state index is 11.8. The van der Waals surface area contributed by atoms with E-state index in [-0.39, 0.29) is 17.3 Å². The summed E-state index contributed by atoms with van der Waals surface area (Å²) in [5.74, 6) is -0.694. The smallest absolute Gasteiger partial charge is 0.326 e. The predicted octanol–water partition coefficient (Wildman–Crippen LogP) is 3.59. The Hall–Kier alpha value is -5.29. The van der Waals surface area contributed by atoms with E-state index in [2.05, 4.69) is 15.6 Å². The van der Waals surface area contributed by atoms with E-state index < -0.39 is 16.9 Å². The number of nitro benzene ring substituents is 1. The van der Waals surface area contributed by atoms with Crippen LogP contribution in [0.3, 0.4) is 0 Å². The van der Waals surface area contributed by atoms with Crippen LogP contribution in [0.1, 0.15) is 22.3 Å². The summed E-state index contributed by atoms with van der Waals surface area (Å²) in [4.78, 5) is 41.6. The molecule has 3 aromatic carbocycles. The number of nitrogens with two attached hydrogens (primary N) is 1. The molecule has 1 fully saturated rings. The second-order valence-corrected chi connectivity index (χ2v) is 8.25. The first-order valence-corrected chi connectivity index (χ1v) is 11.1. The van der Waals surface area contributed by atoms with E-state index in [1.165, 1.54) is 24.3 Å². The van der Waals surface area contributed by atoms with Gasteiger partial charge in [-0.3, -0.25) is 20.2 Å². The molecule has 6 N–H and O–H groups in total. The fourth-order valence-corrected chi connectivity index (χ4v) is 4.01. The van der Waals surface area contributed by atoms with Crippen molar-refractivity contribution in [2.75, 3.05) is 0 Å². The topological polar surface area (TPSA) is 176 Å². The van der Waals surface area contributed by atoms with Gasteiger partial charge in [0, 0.05) is 35.1 Å². The number of carbonyl (C=O) groups excluding carboxylic acids is 2. The lowest BCUT2D eigenvalue weighted by molar-refractivity contribution is -0.384. The highest BCUT2D eigenvalue weighted by Gasteiger charge is 2.23. The fraction of sp³-hybridized carbons (Fsp3) is 0.0385. The van der Waals surface area contributed by atoms with Gasteiger partial charge in [0.05, 0.1) is 21.9 Å². The number of imide groups is 1. The van der Waals surface area contributed by atoms with E-state index >= 15 is 0 Å². The third-order valence-corrected chi connectivity index (χ3v) is 5.84. The zero-order valence-corrected chi connectivity index (χ0v) is 19.2. The molecule has 1 aliphatic rings. The highest BCUT2D eigenvalue weighted by Crippen LogP contribution is 2.33. The number of nitrogens with one attached hydrogen (secondary N) is 3. The Kier molecular flexibility index (Phi) is 5.96. The van der Waals surface area contributed by atoms with Crippen LogP contribution in [0.5, 0.6) is 5.88 Å². The molecular formula is C26H20N6O5. The number of fused-ring (bicyclic) bond motifs is 1. The van der Waals surface area contributed by atoms with Crippen LogP contribution in [-0.4, -0.2) is 32.7 Å². The van der Waals surface area contributed by atoms with Crippen LogP contribution in [0, 0.1) is 10.1 Å². The predicted molar refractivity (Wildman–Crippen MR) is 137 cm³/mol. The van der Waals surface area contributed by atoms with Gasteiger partial charge in [0.15, 0.2) is 5.88 Å². The number of hydrogen-bond donors (Lipinski definition) is 5. The number of amides is 3. The number of urea groups is 1. The molecule has 0 atom stereocenters. The molecule has 0 spiro atoms. The molecule has 0 unspecified atom stereocenters. The van der Waals surface area contributed by atoms with Gasteiger partial charge in [-0.25, -0.2) is 9.79 Å². The van der Waals surface area contributed by atoms with Gasteiger partial charge in [0.25, 0.3) is 11.6 Å². The summed E-state index contributed by atoms with van der Waals surface area (Å²) in [6, 6.07) is 17.9. The summed E-state index contributed by atoms with van der Waals surface area (Å²) in [7, 11) is 0. The molecule has 1 aliphatic heterocycles. The third kappa shape index (κ3) is 4.66.